The van der Waals surface area contributed by atoms with Crippen LogP contribution in [0.3, 0.4) is 0 Å². The first-order valence-corrected chi connectivity index (χ1v) is 18.9. The summed E-state index contributed by atoms with van der Waals surface area (Å²) in [5, 5.41) is 5.53. The molecule has 1 saturated heterocycles. The van der Waals surface area contributed by atoms with E-state index in [9.17, 15) is 27.6 Å². The maximum atomic E-state index is 14.2. The number of halogens is 3. The first-order chi connectivity index (χ1) is 27.3. The lowest BCUT2D eigenvalue weighted by molar-refractivity contribution is -0.138. The van der Waals surface area contributed by atoms with Crippen LogP contribution in [0.2, 0.25) is 0 Å². The number of ether oxygens (including phenoxy) is 2. The van der Waals surface area contributed by atoms with Crippen LogP contribution in [0.4, 0.5) is 44.7 Å². The second-order valence-corrected chi connectivity index (χ2v) is 16.6. The van der Waals surface area contributed by atoms with Gasteiger partial charge in [-0.2, -0.15) is 18.1 Å². The first-order valence-electron chi connectivity index (χ1n) is 18.9. The predicted octanol–water partition coefficient (Wildman–Crippen LogP) is 8.66. The minimum absolute atomic E-state index is 0.0441. The van der Waals surface area contributed by atoms with E-state index in [1.54, 1.807) is 53.7 Å². The Morgan fingerprint density at radius 1 is 0.879 bits per heavy atom. The van der Waals surface area contributed by atoms with Crippen LogP contribution in [0.25, 0.3) is 33.3 Å². The van der Waals surface area contributed by atoms with E-state index in [2.05, 4.69) is 30.5 Å². The number of benzene rings is 2. The highest BCUT2D eigenvalue weighted by Crippen LogP contribution is 2.45. The zero-order valence-electron chi connectivity index (χ0n) is 33.4. The molecule has 58 heavy (non-hydrogen) atoms. The smallest absolute Gasteiger partial charge is 0.425 e. The van der Waals surface area contributed by atoms with E-state index in [4.69, 9.17) is 13.9 Å². The van der Waals surface area contributed by atoms with E-state index in [1.165, 1.54) is 24.9 Å². The van der Waals surface area contributed by atoms with Crippen molar-refractivity contribution in [3.05, 3.63) is 60.4 Å². The number of aromatic nitrogens is 4. The Bertz CT molecular complexity index is 2340. The SMILES string of the molecule is CN1CCN(Cc2ccc(NC(=O)Nc3ccc(-c4cn(C5CC5)c5ncnc(N(C(=O)OC(C)(C)C)C(=O)OC(C)(C)C)c45)c4ncoc34)cc2C(F)(F)F)CC1. The van der Waals surface area contributed by atoms with Crippen LogP contribution < -0.4 is 15.5 Å². The lowest BCUT2D eigenvalue weighted by Gasteiger charge is -2.33. The van der Waals surface area contributed by atoms with Crippen LogP contribution in [-0.4, -0.2) is 92.0 Å². The maximum absolute atomic E-state index is 14.2. The van der Waals surface area contributed by atoms with Crippen molar-refractivity contribution in [2.75, 3.05) is 48.8 Å². The standard InChI is InChI=1S/C40H46F3N9O6/c1-38(2,3)57-36(54)52(37(55)58-39(4,5)6)34-30-27(20-51(25-10-11-25)33(30)44-21-45-34)26-12-13-29(32-31(26)46-22-56-32)48-35(53)47-24-9-8-23(28(18-24)40(41,42)43)19-50-16-14-49(7)15-17-50/h8-9,12-13,18,20-22,25H,10-11,14-17,19H2,1-7H3,(H2,47,48,53). The van der Waals surface area contributed by atoms with Gasteiger partial charge in [0.15, 0.2) is 17.8 Å². The summed E-state index contributed by atoms with van der Waals surface area (Å²) in [7, 11) is 1.98. The van der Waals surface area contributed by atoms with Crippen LogP contribution in [-0.2, 0) is 22.2 Å². The summed E-state index contributed by atoms with van der Waals surface area (Å²) >= 11 is 0. The highest BCUT2D eigenvalue weighted by Gasteiger charge is 2.38. The Kier molecular flexibility index (Phi) is 10.6. The molecule has 18 heteroatoms. The summed E-state index contributed by atoms with van der Waals surface area (Å²) in [6, 6.07) is 6.30. The number of carbonyl (C=O) groups excluding carboxylic acids is 3. The van der Waals surface area contributed by atoms with Crippen LogP contribution in [0, 0.1) is 0 Å². The van der Waals surface area contributed by atoms with E-state index in [0.717, 1.165) is 36.9 Å². The maximum Gasteiger partial charge on any atom is 0.425 e. The molecule has 3 aromatic heterocycles. The fourth-order valence-corrected chi connectivity index (χ4v) is 6.79. The van der Waals surface area contributed by atoms with E-state index in [1.807, 2.05) is 22.7 Å². The molecule has 5 aromatic rings. The summed E-state index contributed by atoms with van der Waals surface area (Å²) in [6.45, 7) is 13.0. The fraction of sp³-hybridized carbons (Fsp3) is 0.450. The number of amides is 4. The molecule has 2 aromatic carbocycles. The van der Waals surface area contributed by atoms with Gasteiger partial charge < -0.3 is 34.0 Å². The molecule has 1 saturated carbocycles. The van der Waals surface area contributed by atoms with Gasteiger partial charge in [-0.05, 0) is 91.3 Å². The molecule has 0 bridgehead atoms. The third kappa shape index (κ3) is 8.87. The van der Waals surface area contributed by atoms with Crippen LogP contribution in [0.5, 0.6) is 0 Å². The number of rotatable bonds is 7. The lowest BCUT2D eigenvalue weighted by atomic mass is 10.0. The molecule has 2 fully saturated rings. The lowest BCUT2D eigenvalue weighted by Crippen LogP contribution is -2.44. The van der Waals surface area contributed by atoms with Crippen molar-refractivity contribution in [3.63, 3.8) is 0 Å². The number of urea groups is 1. The first kappa shape index (κ1) is 40.4. The number of alkyl halides is 3. The number of anilines is 3. The van der Waals surface area contributed by atoms with Gasteiger partial charge in [-0.3, -0.25) is 4.90 Å². The van der Waals surface area contributed by atoms with Crippen molar-refractivity contribution in [2.45, 2.75) is 84.3 Å². The Labute approximate surface area is 332 Å². The second kappa shape index (κ2) is 15.2. The molecule has 4 heterocycles. The monoisotopic (exact) mass is 805 g/mol. The van der Waals surface area contributed by atoms with Gasteiger partial charge in [0, 0.05) is 61.8 Å². The van der Waals surface area contributed by atoms with Gasteiger partial charge in [-0.1, -0.05) is 6.07 Å². The Morgan fingerprint density at radius 3 is 2.17 bits per heavy atom. The molecule has 4 amide bonds. The number of likely N-dealkylation sites (N-methyl/N-ethyl adjacent to an activating group) is 1. The average molecular weight is 806 g/mol. The zero-order valence-corrected chi connectivity index (χ0v) is 33.4. The summed E-state index contributed by atoms with van der Waals surface area (Å²) < 4.78 is 61.7. The normalized spacial score (nSPS) is 15.8. The molecule has 2 aliphatic rings. The number of imide groups is 1. The van der Waals surface area contributed by atoms with E-state index in [-0.39, 0.29) is 40.9 Å². The Hall–Kier alpha value is -5.75. The number of carbonyl (C=O) groups is 3. The minimum atomic E-state index is -4.64. The van der Waals surface area contributed by atoms with Gasteiger partial charge in [-0.15, -0.1) is 0 Å². The van der Waals surface area contributed by atoms with E-state index >= 15 is 0 Å². The third-order valence-corrected chi connectivity index (χ3v) is 9.58. The molecular formula is C40H46F3N9O6. The molecule has 0 unspecified atom stereocenters. The predicted molar refractivity (Wildman–Crippen MR) is 211 cm³/mol. The number of hydrogen-bond donors (Lipinski definition) is 2. The molecule has 1 aliphatic carbocycles. The number of fused-ring (bicyclic) bond motifs is 2. The van der Waals surface area contributed by atoms with E-state index < -0.39 is 41.2 Å². The van der Waals surface area contributed by atoms with Crippen molar-refractivity contribution >= 4 is 57.5 Å². The van der Waals surface area contributed by atoms with Crippen molar-refractivity contribution < 1.29 is 41.4 Å². The van der Waals surface area contributed by atoms with E-state index in [0.29, 0.717) is 40.8 Å². The molecule has 308 valence electrons. The average Bonchev–Trinajstić information content (AvgIpc) is 3.69. The minimum Gasteiger partial charge on any atom is -0.443 e. The Morgan fingerprint density at radius 2 is 1.55 bits per heavy atom. The molecule has 0 atom stereocenters. The van der Waals surface area contributed by atoms with Crippen molar-refractivity contribution in [1.29, 1.82) is 0 Å². The number of nitrogens with one attached hydrogen (secondary N) is 2. The molecular weight excluding hydrogens is 759 g/mol. The number of hydrogen-bond acceptors (Lipinski definition) is 11. The quantitative estimate of drug-likeness (QED) is 0.162. The molecule has 0 radical (unpaired) electrons. The van der Waals surface area contributed by atoms with Gasteiger partial charge in [0.05, 0.1) is 16.6 Å². The van der Waals surface area contributed by atoms with Gasteiger partial charge in [0.1, 0.15) is 28.7 Å². The van der Waals surface area contributed by atoms with Gasteiger partial charge in [0.2, 0.25) is 0 Å². The van der Waals surface area contributed by atoms with Crippen molar-refractivity contribution in [2.24, 2.45) is 0 Å². The van der Waals surface area contributed by atoms with Crippen LogP contribution >= 0.6 is 0 Å². The topological polar surface area (TPSA) is 160 Å². The zero-order chi connectivity index (χ0) is 41.7. The summed E-state index contributed by atoms with van der Waals surface area (Å²) in [5.74, 6) is -0.0751. The van der Waals surface area contributed by atoms with Gasteiger partial charge in [0.25, 0.3) is 0 Å². The number of piperazine rings is 1. The highest BCUT2D eigenvalue weighted by atomic mass is 19.4. The third-order valence-electron chi connectivity index (χ3n) is 9.58. The second-order valence-electron chi connectivity index (χ2n) is 16.6. The summed E-state index contributed by atoms with van der Waals surface area (Å²) in [4.78, 5) is 59.1. The fourth-order valence-electron chi connectivity index (χ4n) is 6.79. The Balaban J connectivity index is 1.22. The van der Waals surface area contributed by atoms with Crippen LogP contribution in [0.1, 0.15) is 71.6 Å². The number of oxazole rings is 1. The van der Waals surface area contributed by atoms with Gasteiger partial charge >= 0.3 is 24.4 Å². The number of nitrogens with zero attached hydrogens (tertiary/aromatic N) is 7. The molecule has 2 N–H and O–H groups in total. The van der Waals surface area contributed by atoms with Crippen molar-refractivity contribution in [1.82, 2.24) is 29.3 Å². The molecule has 1 aliphatic heterocycles. The molecule has 15 nitrogen and oxygen atoms in total. The van der Waals surface area contributed by atoms with Crippen molar-refractivity contribution in [3.8, 4) is 11.1 Å². The molecule has 0 spiro atoms. The van der Waals surface area contributed by atoms with Gasteiger partial charge in [-0.25, -0.2) is 29.3 Å². The van der Waals surface area contributed by atoms with Crippen LogP contribution in [0.15, 0.2) is 53.7 Å². The molecule has 7 rings (SSSR count). The summed E-state index contributed by atoms with van der Waals surface area (Å²) in [5.41, 5.74) is -0.591. The summed E-state index contributed by atoms with van der Waals surface area (Å²) in [6.07, 6.45) is -0.585. The largest absolute Gasteiger partial charge is 0.443 e. The highest BCUT2D eigenvalue weighted by molar-refractivity contribution is 6.17.